The van der Waals surface area contributed by atoms with Gasteiger partial charge in [0.15, 0.2) is 0 Å². The Labute approximate surface area is 95.1 Å². The van der Waals surface area contributed by atoms with E-state index in [0.717, 1.165) is 17.5 Å². The Morgan fingerprint density at radius 3 is 2.75 bits per heavy atom. The fraction of sp³-hybridized carbons (Fsp3) is 0.385. The minimum atomic E-state index is -0.0817. The second kappa shape index (κ2) is 4.08. The lowest BCUT2D eigenvalue weighted by Crippen LogP contribution is -2.42. The molecular formula is C13H15NO2. The first kappa shape index (κ1) is 10.9. The van der Waals surface area contributed by atoms with Crippen molar-refractivity contribution in [2.45, 2.75) is 32.2 Å². The van der Waals surface area contributed by atoms with Gasteiger partial charge in [-0.2, -0.15) is 0 Å². The van der Waals surface area contributed by atoms with Crippen molar-refractivity contribution in [3.05, 3.63) is 29.8 Å². The molecule has 1 aliphatic rings. The number of anilines is 1. The summed E-state index contributed by atoms with van der Waals surface area (Å²) in [5, 5.41) is 0. The molecule has 0 saturated heterocycles. The fourth-order valence-corrected chi connectivity index (χ4v) is 2.47. The van der Waals surface area contributed by atoms with E-state index in [1.165, 1.54) is 0 Å². The molecule has 84 valence electrons. The zero-order valence-corrected chi connectivity index (χ0v) is 9.51. The minimum absolute atomic E-state index is 0.0318. The van der Waals surface area contributed by atoms with Crippen LogP contribution in [0, 0.1) is 0 Å². The number of fused-ring (bicyclic) bond motifs is 1. The summed E-state index contributed by atoms with van der Waals surface area (Å²) in [6, 6.07) is 7.72. The average Bonchev–Trinajstić information content (AvgIpc) is 2.27. The number of amides is 1. The zero-order valence-electron chi connectivity index (χ0n) is 9.51. The summed E-state index contributed by atoms with van der Waals surface area (Å²) >= 11 is 0. The Bertz CT molecular complexity index is 428. The summed E-state index contributed by atoms with van der Waals surface area (Å²) in [4.78, 5) is 24.4. The fourth-order valence-electron chi connectivity index (χ4n) is 2.47. The van der Waals surface area contributed by atoms with E-state index < -0.39 is 0 Å². The third kappa shape index (κ3) is 1.62. The number of carbonyl (C=O) groups is 2. The third-order valence-electron chi connectivity index (χ3n) is 3.14. The van der Waals surface area contributed by atoms with Gasteiger partial charge in [0.1, 0.15) is 6.29 Å². The van der Waals surface area contributed by atoms with Crippen molar-refractivity contribution in [2.75, 3.05) is 4.90 Å². The van der Waals surface area contributed by atoms with Crippen LogP contribution in [0.5, 0.6) is 0 Å². The second-order valence-electron chi connectivity index (χ2n) is 4.28. The molecule has 0 spiro atoms. The van der Waals surface area contributed by atoms with Crippen LogP contribution in [-0.2, 0) is 9.59 Å². The lowest BCUT2D eigenvalue weighted by Gasteiger charge is -2.37. The molecule has 0 unspecified atom stereocenters. The Kier molecular flexibility index (Phi) is 2.77. The van der Waals surface area contributed by atoms with Gasteiger partial charge in [-0.25, -0.2) is 0 Å². The molecule has 0 radical (unpaired) electrons. The van der Waals surface area contributed by atoms with E-state index >= 15 is 0 Å². The summed E-state index contributed by atoms with van der Waals surface area (Å²) in [6.45, 7) is 3.54. The van der Waals surface area contributed by atoms with E-state index in [-0.39, 0.29) is 17.9 Å². The molecule has 1 aromatic carbocycles. The molecule has 0 N–H and O–H groups in total. The van der Waals surface area contributed by atoms with Gasteiger partial charge in [0, 0.05) is 24.6 Å². The number of carbonyl (C=O) groups excluding carboxylic acids is 2. The van der Waals surface area contributed by atoms with E-state index in [4.69, 9.17) is 0 Å². The molecule has 1 heterocycles. The standard InChI is InChI=1S/C13H15NO2/c1-9-7-11(8-15)12-5-3-4-6-13(12)14(9)10(2)16/h3-6,8-9,11H,7H2,1-2H3/t9-,11+/m1/s1. The van der Waals surface area contributed by atoms with Gasteiger partial charge in [-0.05, 0) is 25.0 Å². The van der Waals surface area contributed by atoms with Crippen molar-refractivity contribution < 1.29 is 9.59 Å². The molecule has 2 rings (SSSR count). The van der Waals surface area contributed by atoms with E-state index in [9.17, 15) is 9.59 Å². The summed E-state index contributed by atoms with van der Waals surface area (Å²) in [6.07, 6.45) is 1.69. The highest BCUT2D eigenvalue weighted by atomic mass is 16.2. The summed E-state index contributed by atoms with van der Waals surface area (Å²) < 4.78 is 0. The molecule has 0 fully saturated rings. The number of rotatable bonds is 1. The normalized spacial score (nSPS) is 23.8. The molecule has 1 amide bonds. The van der Waals surface area contributed by atoms with Crippen LogP contribution < -0.4 is 4.90 Å². The smallest absolute Gasteiger partial charge is 0.224 e. The van der Waals surface area contributed by atoms with E-state index in [0.29, 0.717) is 6.42 Å². The van der Waals surface area contributed by atoms with E-state index in [1.807, 2.05) is 31.2 Å². The first-order valence-electron chi connectivity index (χ1n) is 5.49. The lowest BCUT2D eigenvalue weighted by molar-refractivity contribution is -0.117. The summed E-state index contributed by atoms with van der Waals surface area (Å²) in [7, 11) is 0. The van der Waals surface area contributed by atoms with Crippen LogP contribution in [-0.4, -0.2) is 18.2 Å². The van der Waals surface area contributed by atoms with Gasteiger partial charge in [0.05, 0.1) is 0 Å². The minimum Gasteiger partial charge on any atom is -0.310 e. The van der Waals surface area contributed by atoms with Crippen LogP contribution in [0.1, 0.15) is 31.7 Å². The Morgan fingerprint density at radius 2 is 2.12 bits per heavy atom. The van der Waals surface area contributed by atoms with Crippen LogP contribution in [0.4, 0.5) is 5.69 Å². The van der Waals surface area contributed by atoms with Gasteiger partial charge in [0.25, 0.3) is 0 Å². The van der Waals surface area contributed by atoms with Crippen LogP contribution in [0.3, 0.4) is 0 Å². The predicted octanol–water partition coefficient (Wildman–Crippen LogP) is 2.11. The maximum atomic E-state index is 11.6. The molecule has 0 aromatic heterocycles. The summed E-state index contributed by atoms with van der Waals surface area (Å²) in [5.74, 6) is -0.0499. The molecule has 0 bridgehead atoms. The number of aldehydes is 1. The van der Waals surface area contributed by atoms with Gasteiger partial charge in [-0.3, -0.25) is 4.79 Å². The number of hydrogen-bond acceptors (Lipinski definition) is 2. The van der Waals surface area contributed by atoms with Gasteiger partial charge in [-0.1, -0.05) is 18.2 Å². The van der Waals surface area contributed by atoms with Crippen molar-refractivity contribution in [3.8, 4) is 0 Å². The molecule has 3 heteroatoms. The van der Waals surface area contributed by atoms with Crippen LogP contribution >= 0.6 is 0 Å². The van der Waals surface area contributed by atoms with E-state index in [2.05, 4.69) is 0 Å². The molecule has 16 heavy (non-hydrogen) atoms. The van der Waals surface area contributed by atoms with Gasteiger partial charge >= 0.3 is 0 Å². The molecular weight excluding hydrogens is 202 g/mol. The largest absolute Gasteiger partial charge is 0.310 e. The SMILES string of the molecule is CC(=O)N1c2ccccc2[C@H](C=O)C[C@H]1C. The number of para-hydroxylation sites is 1. The predicted molar refractivity (Wildman–Crippen MR) is 62.5 cm³/mol. The maximum absolute atomic E-state index is 11.6. The molecule has 2 atom stereocenters. The Morgan fingerprint density at radius 1 is 1.44 bits per heavy atom. The zero-order chi connectivity index (χ0) is 11.7. The first-order valence-corrected chi connectivity index (χ1v) is 5.49. The highest BCUT2D eigenvalue weighted by molar-refractivity contribution is 5.94. The van der Waals surface area contributed by atoms with Gasteiger partial charge in [-0.15, -0.1) is 0 Å². The monoisotopic (exact) mass is 217 g/mol. The highest BCUT2D eigenvalue weighted by Gasteiger charge is 2.31. The molecule has 0 aliphatic carbocycles. The van der Waals surface area contributed by atoms with Crippen LogP contribution in [0.25, 0.3) is 0 Å². The molecule has 3 nitrogen and oxygen atoms in total. The number of hydrogen-bond donors (Lipinski definition) is 0. The van der Waals surface area contributed by atoms with Crippen molar-refractivity contribution in [1.82, 2.24) is 0 Å². The van der Waals surface area contributed by atoms with E-state index in [1.54, 1.807) is 11.8 Å². The molecule has 1 aromatic rings. The van der Waals surface area contributed by atoms with Crippen molar-refractivity contribution in [1.29, 1.82) is 0 Å². The first-order chi connectivity index (χ1) is 7.65. The third-order valence-corrected chi connectivity index (χ3v) is 3.14. The lowest BCUT2D eigenvalue weighted by atomic mass is 9.87. The van der Waals surface area contributed by atoms with Gasteiger partial charge in [0.2, 0.25) is 5.91 Å². The highest BCUT2D eigenvalue weighted by Crippen LogP contribution is 2.37. The van der Waals surface area contributed by atoms with Crippen LogP contribution in [0.2, 0.25) is 0 Å². The second-order valence-corrected chi connectivity index (χ2v) is 4.28. The number of benzene rings is 1. The summed E-state index contributed by atoms with van der Waals surface area (Å²) in [5.41, 5.74) is 1.84. The van der Waals surface area contributed by atoms with Crippen molar-refractivity contribution in [2.24, 2.45) is 0 Å². The van der Waals surface area contributed by atoms with Crippen molar-refractivity contribution in [3.63, 3.8) is 0 Å². The molecule has 0 saturated carbocycles. The Hall–Kier alpha value is -1.64. The topological polar surface area (TPSA) is 37.4 Å². The molecule has 1 aliphatic heterocycles. The quantitative estimate of drug-likeness (QED) is 0.676. The number of nitrogens with zero attached hydrogens (tertiary/aromatic N) is 1. The van der Waals surface area contributed by atoms with Crippen LogP contribution in [0.15, 0.2) is 24.3 Å². The maximum Gasteiger partial charge on any atom is 0.224 e. The average molecular weight is 217 g/mol. The van der Waals surface area contributed by atoms with Gasteiger partial charge < -0.3 is 9.69 Å². The van der Waals surface area contributed by atoms with Crippen molar-refractivity contribution >= 4 is 17.9 Å². The Balaban J connectivity index is 2.53.